The van der Waals surface area contributed by atoms with Crippen molar-refractivity contribution in [3.63, 3.8) is 0 Å². The molecule has 1 aromatic heterocycles. The van der Waals surface area contributed by atoms with Gasteiger partial charge in [0, 0.05) is 37.4 Å². The number of Topliss-reactive ketones (excluding diaryl/α,β-unsaturated/α-hetero) is 1. The molecule has 1 saturated heterocycles. The van der Waals surface area contributed by atoms with Crippen molar-refractivity contribution < 1.29 is 18.0 Å². The van der Waals surface area contributed by atoms with Gasteiger partial charge >= 0.3 is 0 Å². The number of amides is 1. The Labute approximate surface area is 217 Å². The van der Waals surface area contributed by atoms with E-state index in [4.69, 9.17) is 0 Å². The van der Waals surface area contributed by atoms with Crippen molar-refractivity contribution in [3.8, 4) is 0 Å². The molecule has 2 heterocycles. The van der Waals surface area contributed by atoms with Gasteiger partial charge in [-0.05, 0) is 71.2 Å². The first-order valence-electron chi connectivity index (χ1n) is 11.2. The lowest BCUT2D eigenvalue weighted by Gasteiger charge is -2.37. The van der Waals surface area contributed by atoms with E-state index in [0.717, 1.165) is 22.6 Å². The monoisotopic (exact) mass is 575 g/mol. The molecule has 1 aliphatic rings. The van der Waals surface area contributed by atoms with Crippen LogP contribution in [0.5, 0.6) is 0 Å². The number of rotatable bonds is 8. The van der Waals surface area contributed by atoms with E-state index in [1.165, 1.54) is 13.0 Å². The van der Waals surface area contributed by atoms with Crippen molar-refractivity contribution in [2.24, 2.45) is 0 Å². The van der Waals surface area contributed by atoms with Gasteiger partial charge in [-0.15, -0.1) is 11.3 Å². The van der Waals surface area contributed by atoms with Crippen molar-refractivity contribution in [1.82, 2.24) is 9.62 Å². The fourth-order valence-corrected chi connectivity index (χ4v) is 7.24. The number of nitrogens with one attached hydrogen (secondary N) is 1. The maximum Gasteiger partial charge on any atom is 0.250 e. The van der Waals surface area contributed by atoms with Gasteiger partial charge < -0.3 is 9.80 Å². The first-order chi connectivity index (χ1) is 16.7. The normalized spacial score (nSPS) is 15.1. The number of hydrogen-bond donors (Lipinski definition) is 1. The van der Waals surface area contributed by atoms with E-state index < -0.39 is 16.1 Å². The number of thiophene rings is 1. The fourth-order valence-electron chi connectivity index (χ4n) is 4.03. The average molecular weight is 577 g/mol. The van der Waals surface area contributed by atoms with Crippen molar-refractivity contribution >= 4 is 54.7 Å². The van der Waals surface area contributed by atoms with Crippen LogP contribution in [0.2, 0.25) is 0 Å². The van der Waals surface area contributed by atoms with Crippen LogP contribution >= 0.6 is 27.3 Å². The Hall–Kier alpha value is -2.53. The molecule has 1 atom stereocenters. The van der Waals surface area contributed by atoms with E-state index in [0.29, 0.717) is 35.5 Å². The summed E-state index contributed by atoms with van der Waals surface area (Å²) in [6.45, 7) is 3.73. The van der Waals surface area contributed by atoms with E-state index in [-0.39, 0.29) is 22.3 Å². The van der Waals surface area contributed by atoms with Gasteiger partial charge in [0.15, 0.2) is 5.78 Å². The highest BCUT2D eigenvalue weighted by Crippen LogP contribution is 2.26. The van der Waals surface area contributed by atoms with Gasteiger partial charge in [-0.1, -0.05) is 30.3 Å². The van der Waals surface area contributed by atoms with E-state index in [9.17, 15) is 18.0 Å². The Morgan fingerprint density at radius 1 is 0.971 bits per heavy atom. The number of benzene rings is 2. The topological polar surface area (TPSA) is 86.8 Å². The summed E-state index contributed by atoms with van der Waals surface area (Å²) in [5, 5.41) is 0. The van der Waals surface area contributed by atoms with E-state index in [2.05, 4.69) is 25.6 Å². The molecule has 0 aliphatic carbocycles. The summed E-state index contributed by atoms with van der Waals surface area (Å²) in [4.78, 5) is 28.9. The molecule has 1 N–H and O–H groups in total. The Kier molecular flexibility index (Phi) is 8.05. The minimum absolute atomic E-state index is 0.0220. The molecule has 0 saturated carbocycles. The number of piperazine rings is 1. The predicted molar refractivity (Wildman–Crippen MR) is 142 cm³/mol. The molecular weight excluding hydrogens is 550 g/mol. The van der Waals surface area contributed by atoms with Crippen molar-refractivity contribution in [3.05, 3.63) is 81.6 Å². The van der Waals surface area contributed by atoms with E-state index in [1.807, 2.05) is 54.6 Å². The largest absolute Gasteiger partial charge is 0.368 e. The lowest BCUT2D eigenvalue weighted by atomic mass is 10.1. The van der Waals surface area contributed by atoms with Crippen LogP contribution in [0.4, 0.5) is 5.69 Å². The standard InChI is InChI=1S/C25H26BrN3O4S2/c1-18(30)20-7-9-21(10-8-20)28-13-15-29(16-14-28)25(31)22(17-19-5-3-2-4-6-19)27-35(32,33)24-12-11-23(26)34-24/h2-12,22,27H,13-17H2,1H3. The second-order valence-electron chi connectivity index (χ2n) is 8.34. The van der Waals surface area contributed by atoms with Crippen molar-refractivity contribution in [2.75, 3.05) is 31.1 Å². The van der Waals surface area contributed by atoms with Crippen LogP contribution < -0.4 is 9.62 Å². The van der Waals surface area contributed by atoms with Crippen LogP contribution in [0.1, 0.15) is 22.8 Å². The van der Waals surface area contributed by atoms with Crippen LogP contribution in [0.25, 0.3) is 0 Å². The van der Waals surface area contributed by atoms with Crippen LogP contribution in [0.15, 0.2) is 74.7 Å². The van der Waals surface area contributed by atoms with Crippen LogP contribution in [-0.4, -0.2) is 57.2 Å². The predicted octanol–water partition coefficient (Wildman–Crippen LogP) is 3.95. The molecule has 184 valence electrons. The van der Waals surface area contributed by atoms with Crippen LogP contribution in [0.3, 0.4) is 0 Å². The maximum absolute atomic E-state index is 13.5. The smallest absolute Gasteiger partial charge is 0.250 e. The Morgan fingerprint density at radius 2 is 1.63 bits per heavy atom. The summed E-state index contributed by atoms with van der Waals surface area (Å²) in [5.74, 6) is -0.214. The lowest BCUT2D eigenvalue weighted by molar-refractivity contribution is -0.133. The zero-order valence-electron chi connectivity index (χ0n) is 19.2. The molecule has 1 fully saturated rings. The zero-order chi connectivity index (χ0) is 25.0. The summed E-state index contributed by atoms with van der Waals surface area (Å²) >= 11 is 4.41. The summed E-state index contributed by atoms with van der Waals surface area (Å²) in [7, 11) is -3.85. The molecule has 1 aliphatic heterocycles. The molecular formula is C25H26BrN3O4S2. The summed E-state index contributed by atoms with van der Waals surface area (Å²) in [6.07, 6.45) is 0.262. The van der Waals surface area contributed by atoms with Gasteiger partial charge in [-0.2, -0.15) is 4.72 Å². The third-order valence-corrected chi connectivity index (χ3v) is 9.51. The summed E-state index contributed by atoms with van der Waals surface area (Å²) in [5.41, 5.74) is 2.54. The summed E-state index contributed by atoms with van der Waals surface area (Å²) in [6, 6.07) is 19.1. The van der Waals surface area contributed by atoms with E-state index >= 15 is 0 Å². The molecule has 0 bridgehead atoms. The van der Waals surface area contributed by atoms with Gasteiger partial charge in [0.25, 0.3) is 10.0 Å². The highest BCUT2D eigenvalue weighted by atomic mass is 79.9. The van der Waals surface area contributed by atoms with E-state index in [1.54, 1.807) is 11.0 Å². The third-order valence-electron chi connectivity index (χ3n) is 5.92. The highest BCUT2D eigenvalue weighted by molar-refractivity contribution is 9.11. The molecule has 10 heteroatoms. The second-order valence-corrected chi connectivity index (χ2v) is 12.7. The Morgan fingerprint density at radius 3 is 2.20 bits per heavy atom. The van der Waals surface area contributed by atoms with Gasteiger partial charge in [0.1, 0.15) is 10.3 Å². The number of halogens is 1. The minimum Gasteiger partial charge on any atom is -0.368 e. The van der Waals surface area contributed by atoms with Crippen molar-refractivity contribution in [1.29, 1.82) is 0 Å². The highest BCUT2D eigenvalue weighted by Gasteiger charge is 2.32. The number of sulfonamides is 1. The molecule has 0 radical (unpaired) electrons. The second kappa shape index (κ2) is 11.0. The third kappa shape index (κ3) is 6.38. The number of ketones is 1. The first kappa shape index (κ1) is 25.6. The average Bonchev–Trinajstić information content (AvgIpc) is 3.31. The molecule has 1 amide bonds. The Balaban J connectivity index is 1.47. The van der Waals surface area contributed by atoms with Crippen LogP contribution in [0, 0.1) is 0 Å². The number of hydrogen-bond acceptors (Lipinski definition) is 6. The number of anilines is 1. The molecule has 0 spiro atoms. The molecule has 1 unspecified atom stereocenters. The first-order valence-corrected chi connectivity index (χ1v) is 14.3. The molecule has 4 rings (SSSR count). The van der Waals surface area contributed by atoms with Gasteiger partial charge in [0.2, 0.25) is 5.91 Å². The maximum atomic E-state index is 13.5. The Bertz CT molecular complexity index is 1290. The number of nitrogens with zero attached hydrogens (tertiary/aromatic N) is 2. The molecule has 35 heavy (non-hydrogen) atoms. The number of carbonyl (C=O) groups is 2. The van der Waals surface area contributed by atoms with Crippen LogP contribution in [-0.2, 0) is 21.2 Å². The molecule has 2 aromatic carbocycles. The summed E-state index contributed by atoms with van der Waals surface area (Å²) < 4.78 is 29.6. The minimum atomic E-state index is -3.85. The quantitative estimate of drug-likeness (QED) is 0.411. The lowest BCUT2D eigenvalue weighted by Crippen LogP contribution is -2.55. The van der Waals surface area contributed by atoms with Gasteiger partial charge in [0.05, 0.1) is 3.79 Å². The van der Waals surface area contributed by atoms with Gasteiger partial charge in [-0.3, -0.25) is 9.59 Å². The zero-order valence-corrected chi connectivity index (χ0v) is 22.4. The number of carbonyl (C=O) groups excluding carboxylic acids is 2. The molecule has 3 aromatic rings. The van der Waals surface area contributed by atoms with Crippen molar-refractivity contribution in [2.45, 2.75) is 23.6 Å². The SMILES string of the molecule is CC(=O)c1ccc(N2CCN(C(=O)C(Cc3ccccc3)NS(=O)(=O)c3ccc(Br)s3)CC2)cc1. The fraction of sp³-hybridized carbons (Fsp3) is 0.280. The molecule has 7 nitrogen and oxygen atoms in total. The van der Waals surface area contributed by atoms with Gasteiger partial charge in [-0.25, -0.2) is 8.42 Å².